The molecule has 0 aliphatic carbocycles. The number of benzene rings is 9. The summed E-state index contributed by atoms with van der Waals surface area (Å²) in [5.41, 5.74) is 12.9. The summed E-state index contributed by atoms with van der Waals surface area (Å²) in [6.07, 6.45) is 0. The van der Waals surface area contributed by atoms with E-state index in [2.05, 4.69) is 182 Å². The van der Waals surface area contributed by atoms with Crippen molar-refractivity contribution in [3.05, 3.63) is 194 Å². The van der Waals surface area contributed by atoms with Crippen molar-refractivity contribution < 1.29 is 8.83 Å². The lowest BCUT2D eigenvalue weighted by molar-refractivity contribution is 0.612. The van der Waals surface area contributed by atoms with Crippen LogP contribution in [0.25, 0.3) is 110 Å². The van der Waals surface area contributed by atoms with Gasteiger partial charge >= 0.3 is 0 Å². The Morgan fingerprint density at radius 1 is 0.259 bits per heavy atom. The number of hydrogen-bond acceptors (Lipinski definition) is 2. The molecular formula is C52H32O2. The van der Waals surface area contributed by atoms with E-state index >= 15 is 0 Å². The van der Waals surface area contributed by atoms with Crippen LogP contribution in [0.15, 0.2) is 203 Å². The van der Waals surface area contributed by atoms with E-state index < -0.39 is 0 Å². The standard InChI is InChI=1S/C52H32O2/c1-4-16-33(17-5-1)37-22-10-11-23-38(37)49-41-26-14-12-24-39(41)47(40-25-13-15-27-42(40)49)36-28-31-46-45(32-36)43-29-30-44-48(34-18-6-2-7-19-34)50(35-20-8-3-9-21-35)54-52(44)51(43)53-46/h1-32H. The summed E-state index contributed by atoms with van der Waals surface area (Å²) < 4.78 is 13.5. The van der Waals surface area contributed by atoms with Crippen LogP contribution in [0.5, 0.6) is 0 Å². The summed E-state index contributed by atoms with van der Waals surface area (Å²) in [6, 6.07) is 69.1. The van der Waals surface area contributed by atoms with E-state index in [-0.39, 0.29) is 0 Å². The molecule has 0 bridgehead atoms. The van der Waals surface area contributed by atoms with E-state index in [4.69, 9.17) is 8.83 Å². The molecule has 0 spiro atoms. The van der Waals surface area contributed by atoms with Gasteiger partial charge in [-0.3, -0.25) is 0 Å². The number of fused-ring (bicyclic) bond motifs is 7. The van der Waals surface area contributed by atoms with Crippen molar-refractivity contribution >= 4 is 54.5 Å². The molecule has 2 heterocycles. The summed E-state index contributed by atoms with van der Waals surface area (Å²) in [7, 11) is 0. The van der Waals surface area contributed by atoms with Gasteiger partial charge in [0.05, 0.1) is 0 Å². The highest BCUT2D eigenvalue weighted by Crippen LogP contribution is 2.48. The highest BCUT2D eigenvalue weighted by atomic mass is 16.4. The fourth-order valence-corrected chi connectivity index (χ4v) is 8.53. The van der Waals surface area contributed by atoms with Gasteiger partial charge in [-0.05, 0) is 84.8 Å². The maximum atomic E-state index is 6.82. The average molecular weight is 689 g/mol. The van der Waals surface area contributed by atoms with Crippen LogP contribution in [0, 0.1) is 0 Å². The van der Waals surface area contributed by atoms with Gasteiger partial charge < -0.3 is 8.83 Å². The van der Waals surface area contributed by atoms with Crippen LogP contribution < -0.4 is 0 Å². The van der Waals surface area contributed by atoms with Crippen molar-refractivity contribution in [3.63, 3.8) is 0 Å². The molecule has 2 aromatic heterocycles. The largest absolute Gasteiger partial charge is 0.452 e. The van der Waals surface area contributed by atoms with Gasteiger partial charge in [-0.15, -0.1) is 0 Å². The maximum absolute atomic E-state index is 6.82. The Labute approximate surface area is 312 Å². The van der Waals surface area contributed by atoms with E-state index in [1.165, 1.54) is 49.4 Å². The molecule has 0 radical (unpaired) electrons. The van der Waals surface area contributed by atoms with Crippen LogP contribution in [0.3, 0.4) is 0 Å². The minimum Gasteiger partial charge on any atom is -0.452 e. The normalized spacial score (nSPS) is 11.7. The average Bonchev–Trinajstić information content (AvgIpc) is 3.83. The van der Waals surface area contributed by atoms with Crippen molar-refractivity contribution in [1.29, 1.82) is 0 Å². The van der Waals surface area contributed by atoms with Crippen molar-refractivity contribution in [1.82, 2.24) is 0 Å². The van der Waals surface area contributed by atoms with Gasteiger partial charge in [-0.25, -0.2) is 0 Å². The van der Waals surface area contributed by atoms with Gasteiger partial charge in [0.15, 0.2) is 11.2 Å². The van der Waals surface area contributed by atoms with Crippen molar-refractivity contribution in [2.24, 2.45) is 0 Å². The predicted octanol–water partition coefficient (Wildman–Crippen LogP) is 15.0. The molecule has 9 aromatic carbocycles. The lowest BCUT2D eigenvalue weighted by Crippen LogP contribution is -1.92. The Bertz CT molecular complexity index is 3130. The van der Waals surface area contributed by atoms with E-state index in [1.807, 2.05) is 12.1 Å². The van der Waals surface area contributed by atoms with Crippen molar-refractivity contribution in [2.75, 3.05) is 0 Å². The van der Waals surface area contributed by atoms with Gasteiger partial charge in [0.1, 0.15) is 11.3 Å². The van der Waals surface area contributed by atoms with Crippen LogP contribution in [0.4, 0.5) is 0 Å². The molecule has 11 rings (SSSR count). The second-order valence-electron chi connectivity index (χ2n) is 13.9. The lowest BCUT2D eigenvalue weighted by atomic mass is 9.83. The van der Waals surface area contributed by atoms with E-state index in [0.717, 1.165) is 60.9 Å². The first-order valence-electron chi connectivity index (χ1n) is 18.4. The molecule has 0 amide bonds. The Kier molecular flexibility index (Phi) is 6.90. The van der Waals surface area contributed by atoms with Gasteiger partial charge in [0.25, 0.3) is 0 Å². The molecule has 0 aliphatic heterocycles. The summed E-state index contributed by atoms with van der Waals surface area (Å²) in [5.74, 6) is 0.845. The molecule has 0 atom stereocenters. The first-order valence-corrected chi connectivity index (χ1v) is 18.4. The van der Waals surface area contributed by atoms with Gasteiger partial charge in [-0.1, -0.05) is 170 Å². The number of hydrogen-bond donors (Lipinski definition) is 0. The first kappa shape index (κ1) is 30.5. The molecule has 0 saturated carbocycles. The van der Waals surface area contributed by atoms with Gasteiger partial charge in [-0.2, -0.15) is 0 Å². The zero-order chi connectivity index (χ0) is 35.6. The van der Waals surface area contributed by atoms with Gasteiger partial charge in [0, 0.05) is 27.3 Å². The Balaban J connectivity index is 1.16. The molecule has 0 N–H and O–H groups in total. The van der Waals surface area contributed by atoms with Gasteiger partial charge in [0.2, 0.25) is 0 Å². The molecule has 0 aliphatic rings. The highest BCUT2D eigenvalue weighted by Gasteiger charge is 2.23. The molecule has 2 heteroatoms. The number of rotatable bonds is 5. The Morgan fingerprint density at radius 2 is 0.759 bits per heavy atom. The van der Waals surface area contributed by atoms with Crippen LogP contribution in [0.2, 0.25) is 0 Å². The molecule has 0 unspecified atom stereocenters. The SMILES string of the molecule is c1ccc(-c2ccccc2-c2c3ccccc3c(-c3ccc4oc5c(ccc6c(-c7ccccc7)c(-c7ccccc7)oc65)c4c3)c3ccccc23)cc1. The quantitative estimate of drug-likeness (QED) is 0.168. The zero-order valence-electron chi connectivity index (χ0n) is 29.3. The maximum Gasteiger partial charge on any atom is 0.178 e. The predicted molar refractivity (Wildman–Crippen MR) is 226 cm³/mol. The minimum absolute atomic E-state index is 0.764. The Morgan fingerprint density at radius 3 is 1.41 bits per heavy atom. The second-order valence-corrected chi connectivity index (χ2v) is 13.9. The third-order valence-corrected chi connectivity index (χ3v) is 10.9. The highest BCUT2D eigenvalue weighted by molar-refractivity contribution is 6.24. The fourth-order valence-electron chi connectivity index (χ4n) is 8.53. The first-order chi connectivity index (χ1) is 26.8. The summed E-state index contributed by atoms with van der Waals surface area (Å²) in [6.45, 7) is 0. The molecule has 11 aromatic rings. The van der Waals surface area contributed by atoms with Crippen molar-refractivity contribution in [3.8, 4) is 55.8 Å². The number of furan rings is 2. The summed E-state index contributed by atoms with van der Waals surface area (Å²) in [4.78, 5) is 0. The third-order valence-electron chi connectivity index (χ3n) is 10.9. The van der Waals surface area contributed by atoms with Crippen LogP contribution in [0.1, 0.15) is 0 Å². The molecular weight excluding hydrogens is 657 g/mol. The second kappa shape index (κ2) is 12.2. The fraction of sp³-hybridized carbons (Fsp3) is 0. The topological polar surface area (TPSA) is 26.3 Å². The van der Waals surface area contributed by atoms with Crippen molar-refractivity contribution in [2.45, 2.75) is 0 Å². The minimum atomic E-state index is 0.764. The van der Waals surface area contributed by atoms with Crippen LogP contribution in [-0.4, -0.2) is 0 Å². The summed E-state index contributed by atoms with van der Waals surface area (Å²) in [5, 5.41) is 8.03. The molecule has 0 saturated heterocycles. The zero-order valence-corrected chi connectivity index (χ0v) is 29.3. The monoisotopic (exact) mass is 688 g/mol. The van der Waals surface area contributed by atoms with E-state index in [1.54, 1.807) is 0 Å². The van der Waals surface area contributed by atoms with Crippen LogP contribution in [-0.2, 0) is 0 Å². The van der Waals surface area contributed by atoms with E-state index in [9.17, 15) is 0 Å². The lowest BCUT2D eigenvalue weighted by Gasteiger charge is -2.19. The molecule has 2 nitrogen and oxygen atoms in total. The molecule has 0 fully saturated rings. The Hall–Kier alpha value is -7.16. The third kappa shape index (κ3) is 4.67. The van der Waals surface area contributed by atoms with Crippen LogP contribution >= 0.6 is 0 Å². The molecule has 252 valence electrons. The molecule has 54 heavy (non-hydrogen) atoms. The summed E-state index contributed by atoms with van der Waals surface area (Å²) >= 11 is 0. The smallest absolute Gasteiger partial charge is 0.178 e. The van der Waals surface area contributed by atoms with E-state index in [0.29, 0.717) is 0 Å².